The van der Waals surface area contributed by atoms with Crippen LogP contribution in [0.15, 0.2) is 28.5 Å². The number of nitrogens with zero attached hydrogens (tertiary/aromatic N) is 1. The summed E-state index contributed by atoms with van der Waals surface area (Å²) in [5.41, 5.74) is -0.120. The topological polar surface area (TPSA) is 60.3 Å². The first-order valence-electron chi connectivity index (χ1n) is 6.04. The zero-order chi connectivity index (χ0) is 13.7. The zero-order valence-corrected chi connectivity index (χ0v) is 11.5. The molecule has 0 saturated heterocycles. The fraction of sp³-hybridized carbons (Fsp3) is 0.385. The predicted octanol–water partition coefficient (Wildman–Crippen LogP) is 1.22. The number of amides is 1. The van der Waals surface area contributed by atoms with Crippen LogP contribution in [-0.2, 0) is 16.1 Å². The van der Waals surface area contributed by atoms with Crippen LogP contribution in [0.4, 0.5) is 0 Å². The molecule has 102 valence electrons. The van der Waals surface area contributed by atoms with Gasteiger partial charge in [0, 0.05) is 31.2 Å². The van der Waals surface area contributed by atoms with Crippen molar-refractivity contribution in [1.29, 1.82) is 0 Å². The van der Waals surface area contributed by atoms with Gasteiger partial charge in [0.1, 0.15) is 6.54 Å². The van der Waals surface area contributed by atoms with Crippen molar-refractivity contribution in [1.82, 2.24) is 9.88 Å². The fourth-order valence-corrected chi connectivity index (χ4v) is 2.56. The number of methoxy groups -OCH3 is 1. The van der Waals surface area contributed by atoms with Crippen LogP contribution < -0.4 is 10.9 Å². The van der Waals surface area contributed by atoms with Crippen molar-refractivity contribution >= 4 is 27.3 Å². The molecule has 0 aromatic carbocycles. The number of rotatable bonds is 6. The zero-order valence-electron chi connectivity index (χ0n) is 10.7. The van der Waals surface area contributed by atoms with E-state index in [0.717, 1.165) is 11.1 Å². The Bertz CT molecular complexity index is 618. The van der Waals surface area contributed by atoms with E-state index < -0.39 is 0 Å². The Balaban J connectivity index is 1.99. The number of pyridine rings is 1. The van der Waals surface area contributed by atoms with E-state index in [1.165, 1.54) is 15.9 Å². The smallest absolute Gasteiger partial charge is 0.259 e. The van der Waals surface area contributed by atoms with E-state index in [-0.39, 0.29) is 18.0 Å². The molecule has 1 amide bonds. The van der Waals surface area contributed by atoms with Gasteiger partial charge in [-0.1, -0.05) is 0 Å². The molecule has 2 aromatic heterocycles. The highest BCUT2D eigenvalue weighted by Gasteiger charge is 2.07. The van der Waals surface area contributed by atoms with Gasteiger partial charge in [-0.2, -0.15) is 0 Å². The van der Waals surface area contributed by atoms with Gasteiger partial charge in [-0.15, -0.1) is 11.3 Å². The van der Waals surface area contributed by atoms with Crippen molar-refractivity contribution in [3.05, 3.63) is 34.1 Å². The highest BCUT2D eigenvalue weighted by Crippen LogP contribution is 2.15. The third-order valence-electron chi connectivity index (χ3n) is 2.75. The van der Waals surface area contributed by atoms with Crippen LogP contribution in [-0.4, -0.2) is 30.7 Å². The van der Waals surface area contributed by atoms with Crippen LogP contribution in [0.1, 0.15) is 6.42 Å². The van der Waals surface area contributed by atoms with Crippen LogP contribution in [0.2, 0.25) is 0 Å². The maximum atomic E-state index is 12.1. The van der Waals surface area contributed by atoms with E-state index in [1.54, 1.807) is 19.4 Å². The first-order chi connectivity index (χ1) is 9.22. The Kier molecular flexibility index (Phi) is 4.70. The van der Waals surface area contributed by atoms with Crippen molar-refractivity contribution in [3.8, 4) is 0 Å². The molecule has 0 fully saturated rings. The van der Waals surface area contributed by atoms with Gasteiger partial charge in [0.05, 0.1) is 5.39 Å². The average Bonchev–Trinajstić information content (AvgIpc) is 2.87. The summed E-state index contributed by atoms with van der Waals surface area (Å²) in [6, 6.07) is 3.65. The molecule has 0 unspecified atom stereocenters. The van der Waals surface area contributed by atoms with Gasteiger partial charge in [-0.25, -0.2) is 0 Å². The average molecular weight is 280 g/mol. The summed E-state index contributed by atoms with van der Waals surface area (Å²) in [4.78, 5) is 23.8. The lowest BCUT2D eigenvalue weighted by Crippen LogP contribution is -2.32. The molecule has 5 nitrogen and oxygen atoms in total. The highest BCUT2D eigenvalue weighted by molar-refractivity contribution is 7.17. The molecule has 0 spiro atoms. The van der Waals surface area contributed by atoms with Crippen molar-refractivity contribution in [3.63, 3.8) is 0 Å². The molecule has 0 aliphatic heterocycles. The van der Waals surface area contributed by atoms with Crippen LogP contribution in [0.25, 0.3) is 10.1 Å². The number of ether oxygens (including phenoxy) is 1. The van der Waals surface area contributed by atoms with Gasteiger partial charge in [0.25, 0.3) is 5.56 Å². The summed E-state index contributed by atoms with van der Waals surface area (Å²) in [7, 11) is 1.62. The molecule has 2 heterocycles. The Labute approximate surface area is 114 Å². The highest BCUT2D eigenvalue weighted by atomic mass is 32.1. The van der Waals surface area contributed by atoms with Gasteiger partial charge < -0.3 is 14.6 Å². The third-order valence-corrected chi connectivity index (χ3v) is 3.64. The van der Waals surface area contributed by atoms with Crippen LogP contribution in [0.3, 0.4) is 0 Å². The SMILES string of the molecule is COCCCNC(=O)Cn1ccc2sccc2c1=O. The van der Waals surface area contributed by atoms with Crippen molar-refractivity contribution in [2.45, 2.75) is 13.0 Å². The van der Waals surface area contributed by atoms with Crippen LogP contribution in [0, 0.1) is 0 Å². The maximum absolute atomic E-state index is 12.1. The molecule has 2 rings (SSSR count). The summed E-state index contributed by atoms with van der Waals surface area (Å²) in [6.45, 7) is 1.22. The molecule has 0 radical (unpaired) electrons. The number of carbonyl (C=O) groups is 1. The molecule has 0 aliphatic carbocycles. The monoisotopic (exact) mass is 280 g/mol. The van der Waals surface area contributed by atoms with Crippen molar-refractivity contribution in [2.75, 3.05) is 20.3 Å². The first kappa shape index (κ1) is 13.8. The Morgan fingerprint density at radius 1 is 1.47 bits per heavy atom. The number of hydrogen-bond donors (Lipinski definition) is 1. The molecule has 6 heteroatoms. The largest absolute Gasteiger partial charge is 0.385 e. The second kappa shape index (κ2) is 6.49. The lowest BCUT2D eigenvalue weighted by Gasteiger charge is -2.07. The fourth-order valence-electron chi connectivity index (χ4n) is 1.79. The van der Waals surface area contributed by atoms with Crippen LogP contribution in [0.5, 0.6) is 0 Å². The number of hydrogen-bond acceptors (Lipinski definition) is 4. The minimum absolute atomic E-state index is 0.0532. The Morgan fingerprint density at radius 2 is 2.32 bits per heavy atom. The molecular formula is C13H16N2O3S. The Morgan fingerprint density at radius 3 is 3.11 bits per heavy atom. The third kappa shape index (κ3) is 3.42. The van der Waals surface area contributed by atoms with E-state index in [2.05, 4.69) is 5.32 Å². The number of fused-ring (bicyclic) bond motifs is 1. The number of thiophene rings is 1. The number of nitrogens with one attached hydrogen (secondary N) is 1. The molecule has 2 aromatic rings. The number of carbonyl (C=O) groups excluding carboxylic acids is 1. The Hall–Kier alpha value is -1.66. The van der Waals surface area contributed by atoms with Gasteiger partial charge >= 0.3 is 0 Å². The number of aromatic nitrogens is 1. The quantitative estimate of drug-likeness (QED) is 0.809. The molecular weight excluding hydrogens is 264 g/mol. The molecule has 0 aliphatic rings. The summed E-state index contributed by atoms with van der Waals surface area (Å²) >= 11 is 1.52. The summed E-state index contributed by atoms with van der Waals surface area (Å²) in [5, 5.41) is 5.30. The minimum Gasteiger partial charge on any atom is -0.385 e. The summed E-state index contributed by atoms with van der Waals surface area (Å²) in [5.74, 6) is -0.159. The van der Waals surface area contributed by atoms with Gasteiger partial charge in [-0.05, 0) is 23.9 Å². The van der Waals surface area contributed by atoms with Gasteiger partial charge in [0.15, 0.2) is 0 Å². The lowest BCUT2D eigenvalue weighted by molar-refractivity contribution is -0.121. The van der Waals surface area contributed by atoms with Gasteiger partial charge in [0.2, 0.25) is 5.91 Å². The maximum Gasteiger partial charge on any atom is 0.259 e. The lowest BCUT2D eigenvalue weighted by atomic mass is 10.3. The normalized spacial score (nSPS) is 10.8. The molecule has 0 atom stereocenters. The second-order valence-electron chi connectivity index (χ2n) is 4.14. The van der Waals surface area contributed by atoms with E-state index in [1.807, 2.05) is 11.4 Å². The van der Waals surface area contributed by atoms with E-state index in [0.29, 0.717) is 18.5 Å². The molecule has 1 N–H and O–H groups in total. The van der Waals surface area contributed by atoms with Crippen LogP contribution >= 0.6 is 11.3 Å². The molecule has 19 heavy (non-hydrogen) atoms. The van der Waals surface area contributed by atoms with Crippen molar-refractivity contribution < 1.29 is 9.53 Å². The second-order valence-corrected chi connectivity index (χ2v) is 5.09. The van der Waals surface area contributed by atoms with Gasteiger partial charge in [-0.3, -0.25) is 9.59 Å². The summed E-state index contributed by atoms with van der Waals surface area (Å²) in [6.07, 6.45) is 2.43. The standard InChI is InChI=1S/C13H16N2O3S/c1-18-7-2-5-14-12(16)9-15-6-3-11-10(13(15)17)4-8-19-11/h3-4,6,8H,2,5,7,9H2,1H3,(H,14,16). The minimum atomic E-state index is -0.159. The first-order valence-corrected chi connectivity index (χ1v) is 6.92. The van der Waals surface area contributed by atoms with Crippen molar-refractivity contribution in [2.24, 2.45) is 0 Å². The van der Waals surface area contributed by atoms with E-state index in [9.17, 15) is 9.59 Å². The summed E-state index contributed by atoms with van der Waals surface area (Å²) < 4.78 is 7.27. The molecule has 0 bridgehead atoms. The van der Waals surface area contributed by atoms with E-state index in [4.69, 9.17) is 4.74 Å². The molecule has 0 saturated carbocycles. The van der Waals surface area contributed by atoms with E-state index >= 15 is 0 Å². The predicted molar refractivity (Wildman–Crippen MR) is 75.6 cm³/mol.